The summed E-state index contributed by atoms with van der Waals surface area (Å²) in [6, 6.07) is 0. The lowest BCUT2D eigenvalue weighted by atomic mass is 9.98. The van der Waals surface area contributed by atoms with Crippen molar-refractivity contribution in [2.45, 2.75) is 65.8 Å². The van der Waals surface area contributed by atoms with Crippen LogP contribution in [0.1, 0.15) is 60.3 Å². The second kappa shape index (κ2) is 7.49. The van der Waals surface area contributed by atoms with Crippen molar-refractivity contribution >= 4 is 0 Å². The SMILES string of the molecule is CCC1CCCN(CC(C)CNC(C)(C)C)CC1. The van der Waals surface area contributed by atoms with Crippen LogP contribution in [-0.2, 0) is 0 Å². The molecule has 1 heterocycles. The van der Waals surface area contributed by atoms with Crippen LogP contribution >= 0.6 is 0 Å². The first-order chi connectivity index (χ1) is 8.40. The lowest BCUT2D eigenvalue weighted by molar-refractivity contribution is 0.232. The first-order valence-electron chi connectivity index (χ1n) is 7.88. The Morgan fingerprint density at radius 3 is 2.56 bits per heavy atom. The molecule has 1 fully saturated rings. The van der Waals surface area contributed by atoms with Gasteiger partial charge in [-0.05, 0) is 71.5 Å². The van der Waals surface area contributed by atoms with Gasteiger partial charge in [0.15, 0.2) is 0 Å². The molecule has 18 heavy (non-hydrogen) atoms. The van der Waals surface area contributed by atoms with E-state index >= 15 is 0 Å². The van der Waals surface area contributed by atoms with Gasteiger partial charge in [-0.2, -0.15) is 0 Å². The zero-order chi connectivity index (χ0) is 13.6. The molecule has 1 N–H and O–H groups in total. The van der Waals surface area contributed by atoms with Crippen molar-refractivity contribution in [3.63, 3.8) is 0 Å². The van der Waals surface area contributed by atoms with Crippen LogP contribution in [0.2, 0.25) is 0 Å². The molecule has 108 valence electrons. The van der Waals surface area contributed by atoms with Gasteiger partial charge in [-0.1, -0.05) is 20.3 Å². The standard InChI is InChI=1S/C16H34N2/c1-6-15-8-7-10-18(11-9-15)13-14(2)12-17-16(3,4)5/h14-15,17H,6-13H2,1-5H3. The largest absolute Gasteiger partial charge is 0.312 e. The van der Waals surface area contributed by atoms with Gasteiger partial charge >= 0.3 is 0 Å². The molecule has 0 aliphatic carbocycles. The maximum absolute atomic E-state index is 3.62. The third kappa shape index (κ3) is 6.75. The summed E-state index contributed by atoms with van der Waals surface area (Å²) >= 11 is 0. The summed E-state index contributed by atoms with van der Waals surface area (Å²) < 4.78 is 0. The van der Waals surface area contributed by atoms with Crippen molar-refractivity contribution in [1.29, 1.82) is 0 Å². The highest BCUT2D eigenvalue weighted by Gasteiger charge is 2.18. The van der Waals surface area contributed by atoms with Crippen molar-refractivity contribution in [3.8, 4) is 0 Å². The number of likely N-dealkylation sites (tertiary alicyclic amines) is 1. The topological polar surface area (TPSA) is 15.3 Å². The Kier molecular flexibility index (Phi) is 6.65. The van der Waals surface area contributed by atoms with Gasteiger partial charge in [-0.3, -0.25) is 0 Å². The highest BCUT2D eigenvalue weighted by atomic mass is 15.1. The van der Waals surface area contributed by atoms with E-state index in [-0.39, 0.29) is 5.54 Å². The Balaban J connectivity index is 2.25. The zero-order valence-electron chi connectivity index (χ0n) is 13.3. The molecule has 2 unspecified atom stereocenters. The molecule has 1 rings (SSSR count). The van der Waals surface area contributed by atoms with Crippen LogP contribution < -0.4 is 5.32 Å². The molecule has 1 aliphatic heterocycles. The normalized spacial score (nSPS) is 24.8. The fraction of sp³-hybridized carbons (Fsp3) is 1.00. The van der Waals surface area contributed by atoms with E-state index in [0.29, 0.717) is 0 Å². The number of nitrogens with zero attached hydrogens (tertiary/aromatic N) is 1. The summed E-state index contributed by atoms with van der Waals surface area (Å²) in [5, 5.41) is 3.62. The Bertz CT molecular complexity index is 220. The van der Waals surface area contributed by atoms with Crippen molar-refractivity contribution in [3.05, 3.63) is 0 Å². The molecule has 0 saturated carbocycles. The van der Waals surface area contributed by atoms with Crippen molar-refractivity contribution in [1.82, 2.24) is 10.2 Å². The lowest BCUT2D eigenvalue weighted by Gasteiger charge is -2.27. The van der Waals surface area contributed by atoms with E-state index in [1.54, 1.807) is 0 Å². The van der Waals surface area contributed by atoms with Gasteiger partial charge < -0.3 is 10.2 Å². The fourth-order valence-electron chi connectivity index (χ4n) is 2.80. The summed E-state index contributed by atoms with van der Waals surface area (Å²) in [6.07, 6.45) is 5.63. The fourth-order valence-corrected chi connectivity index (χ4v) is 2.80. The van der Waals surface area contributed by atoms with Gasteiger partial charge in [0.25, 0.3) is 0 Å². The molecule has 0 aromatic carbocycles. The van der Waals surface area contributed by atoms with E-state index in [2.05, 4.69) is 44.8 Å². The zero-order valence-corrected chi connectivity index (χ0v) is 13.3. The minimum Gasteiger partial charge on any atom is -0.312 e. The van der Waals surface area contributed by atoms with Gasteiger partial charge in [0.05, 0.1) is 0 Å². The molecule has 0 radical (unpaired) electrons. The summed E-state index contributed by atoms with van der Waals surface area (Å²) in [6.45, 7) is 16.5. The molecule has 2 atom stereocenters. The van der Waals surface area contributed by atoms with Crippen LogP contribution in [-0.4, -0.2) is 36.6 Å². The van der Waals surface area contributed by atoms with E-state index < -0.39 is 0 Å². The molecular formula is C16H34N2. The lowest BCUT2D eigenvalue weighted by Crippen LogP contribution is -2.41. The summed E-state index contributed by atoms with van der Waals surface area (Å²) in [5.41, 5.74) is 0.250. The maximum Gasteiger partial charge on any atom is 0.00966 e. The number of nitrogens with one attached hydrogen (secondary N) is 1. The number of hydrogen-bond acceptors (Lipinski definition) is 2. The Hall–Kier alpha value is -0.0800. The van der Waals surface area contributed by atoms with Gasteiger partial charge in [0, 0.05) is 12.1 Å². The number of rotatable bonds is 5. The molecule has 2 nitrogen and oxygen atoms in total. The van der Waals surface area contributed by atoms with Gasteiger partial charge in [0.2, 0.25) is 0 Å². The van der Waals surface area contributed by atoms with Crippen LogP contribution in [0.3, 0.4) is 0 Å². The second-order valence-electron chi connectivity index (χ2n) is 7.24. The van der Waals surface area contributed by atoms with Crippen molar-refractivity contribution in [2.24, 2.45) is 11.8 Å². The molecule has 0 bridgehead atoms. The third-order valence-electron chi connectivity index (χ3n) is 4.07. The third-order valence-corrected chi connectivity index (χ3v) is 4.07. The first-order valence-corrected chi connectivity index (χ1v) is 7.88. The smallest absolute Gasteiger partial charge is 0.00966 e. The Labute approximate surface area is 115 Å². The minimum atomic E-state index is 0.250. The summed E-state index contributed by atoms with van der Waals surface area (Å²) in [5.74, 6) is 1.74. The average molecular weight is 254 g/mol. The van der Waals surface area contributed by atoms with Crippen LogP contribution in [0, 0.1) is 11.8 Å². The first kappa shape index (κ1) is 16.0. The summed E-state index contributed by atoms with van der Waals surface area (Å²) in [4.78, 5) is 2.69. The molecule has 0 spiro atoms. The average Bonchev–Trinajstić information content (AvgIpc) is 2.51. The molecule has 0 aromatic rings. The monoisotopic (exact) mass is 254 g/mol. The number of hydrogen-bond donors (Lipinski definition) is 1. The summed E-state index contributed by atoms with van der Waals surface area (Å²) in [7, 11) is 0. The minimum absolute atomic E-state index is 0.250. The van der Waals surface area contributed by atoms with Gasteiger partial charge in [-0.15, -0.1) is 0 Å². The predicted molar refractivity (Wildman–Crippen MR) is 81.0 cm³/mol. The molecule has 0 amide bonds. The van der Waals surface area contributed by atoms with Crippen LogP contribution in [0.15, 0.2) is 0 Å². The Morgan fingerprint density at radius 2 is 1.94 bits per heavy atom. The van der Waals surface area contributed by atoms with Crippen LogP contribution in [0.5, 0.6) is 0 Å². The molecule has 1 saturated heterocycles. The van der Waals surface area contributed by atoms with Crippen molar-refractivity contribution < 1.29 is 0 Å². The van der Waals surface area contributed by atoms with Gasteiger partial charge in [0.1, 0.15) is 0 Å². The molecule has 0 aromatic heterocycles. The highest BCUT2D eigenvalue weighted by Crippen LogP contribution is 2.20. The van der Waals surface area contributed by atoms with Crippen LogP contribution in [0.4, 0.5) is 0 Å². The van der Waals surface area contributed by atoms with E-state index in [0.717, 1.165) is 18.4 Å². The second-order valence-corrected chi connectivity index (χ2v) is 7.24. The van der Waals surface area contributed by atoms with E-state index in [9.17, 15) is 0 Å². The predicted octanol–water partition coefficient (Wildman–Crippen LogP) is 3.52. The van der Waals surface area contributed by atoms with Crippen molar-refractivity contribution in [2.75, 3.05) is 26.2 Å². The van der Waals surface area contributed by atoms with E-state index in [1.165, 1.54) is 45.3 Å². The molecular weight excluding hydrogens is 220 g/mol. The van der Waals surface area contributed by atoms with Gasteiger partial charge in [-0.25, -0.2) is 0 Å². The molecule has 2 heteroatoms. The van der Waals surface area contributed by atoms with E-state index in [4.69, 9.17) is 0 Å². The molecule has 1 aliphatic rings. The van der Waals surface area contributed by atoms with Crippen LogP contribution in [0.25, 0.3) is 0 Å². The highest BCUT2D eigenvalue weighted by molar-refractivity contribution is 4.75. The maximum atomic E-state index is 3.62. The quantitative estimate of drug-likeness (QED) is 0.807. The van der Waals surface area contributed by atoms with E-state index in [1.807, 2.05) is 0 Å². The Morgan fingerprint density at radius 1 is 1.22 bits per heavy atom.